The summed E-state index contributed by atoms with van der Waals surface area (Å²) in [5, 5.41) is 9.32. The molecule has 23 heavy (non-hydrogen) atoms. The van der Waals surface area contributed by atoms with Gasteiger partial charge in [-0.3, -0.25) is 0 Å². The molecule has 9 heteroatoms. The molecule has 1 aliphatic carbocycles. The van der Waals surface area contributed by atoms with Crippen LogP contribution in [0, 0.1) is 5.92 Å². The third-order valence-corrected chi connectivity index (χ3v) is 3.65. The van der Waals surface area contributed by atoms with Gasteiger partial charge in [0.05, 0.1) is 19.3 Å². The second kappa shape index (κ2) is 6.38. The number of carbonyl (C=O) groups is 1. The lowest BCUT2D eigenvalue weighted by Crippen LogP contribution is -2.22. The topological polar surface area (TPSA) is 59.4 Å². The van der Waals surface area contributed by atoms with E-state index in [0.29, 0.717) is 0 Å². The Hall–Kier alpha value is -1.77. The van der Waals surface area contributed by atoms with Crippen LogP contribution in [0.5, 0.6) is 0 Å². The van der Waals surface area contributed by atoms with Gasteiger partial charge in [-0.05, 0) is 30.7 Å². The Kier molecular flexibility index (Phi) is 4.88. The van der Waals surface area contributed by atoms with Gasteiger partial charge in [0.1, 0.15) is 5.69 Å². The maximum absolute atomic E-state index is 13.2. The van der Waals surface area contributed by atoms with Crippen molar-refractivity contribution in [3.63, 3.8) is 0 Å². The van der Waals surface area contributed by atoms with E-state index in [1.54, 1.807) is 0 Å². The molecule has 0 aliphatic heterocycles. The Balaban J connectivity index is 2.78. The number of hydrogen-bond acceptors (Lipinski definition) is 4. The second-order valence-electron chi connectivity index (χ2n) is 5.27. The van der Waals surface area contributed by atoms with E-state index in [9.17, 15) is 31.9 Å². The lowest BCUT2D eigenvalue weighted by atomic mass is 9.93. The van der Waals surface area contributed by atoms with Gasteiger partial charge in [0.2, 0.25) is 0 Å². The Labute approximate surface area is 128 Å². The number of pyridine rings is 1. The molecule has 2 rings (SSSR count). The number of alkyl halides is 5. The third kappa shape index (κ3) is 3.60. The zero-order valence-corrected chi connectivity index (χ0v) is 12.1. The summed E-state index contributed by atoms with van der Waals surface area (Å²) in [6.45, 7) is -1.06. The van der Waals surface area contributed by atoms with E-state index in [1.165, 1.54) is 0 Å². The minimum absolute atomic E-state index is 0.00212. The Bertz CT molecular complexity index is 611. The van der Waals surface area contributed by atoms with E-state index < -0.39 is 47.7 Å². The molecule has 0 amide bonds. The first kappa shape index (κ1) is 17.6. The van der Waals surface area contributed by atoms with Crippen LogP contribution in [0.25, 0.3) is 0 Å². The summed E-state index contributed by atoms with van der Waals surface area (Å²) >= 11 is 0. The molecule has 0 bridgehead atoms. The molecule has 0 aromatic carbocycles. The smallest absolute Gasteiger partial charge is 0.433 e. The van der Waals surface area contributed by atoms with Gasteiger partial charge in [0, 0.05) is 5.56 Å². The van der Waals surface area contributed by atoms with Crippen LogP contribution < -0.4 is 0 Å². The van der Waals surface area contributed by atoms with Crippen LogP contribution in [0.1, 0.15) is 52.1 Å². The zero-order valence-electron chi connectivity index (χ0n) is 12.1. The van der Waals surface area contributed by atoms with Crippen molar-refractivity contribution in [1.82, 2.24) is 4.98 Å². The summed E-state index contributed by atoms with van der Waals surface area (Å²) in [6, 6.07) is 0. The highest BCUT2D eigenvalue weighted by atomic mass is 19.4. The van der Waals surface area contributed by atoms with Crippen LogP contribution in [0.4, 0.5) is 22.0 Å². The van der Waals surface area contributed by atoms with Crippen molar-refractivity contribution < 1.29 is 36.6 Å². The van der Waals surface area contributed by atoms with E-state index in [2.05, 4.69) is 9.72 Å². The first-order valence-electron chi connectivity index (χ1n) is 6.80. The van der Waals surface area contributed by atoms with Crippen LogP contribution in [0.15, 0.2) is 0 Å². The molecule has 1 saturated carbocycles. The maximum Gasteiger partial charge on any atom is 0.433 e. The minimum Gasteiger partial charge on any atom is -0.465 e. The molecule has 0 radical (unpaired) electrons. The summed E-state index contributed by atoms with van der Waals surface area (Å²) < 4.78 is 70.0. The number of esters is 1. The van der Waals surface area contributed by atoms with Crippen molar-refractivity contribution in [3.05, 3.63) is 28.1 Å². The SMILES string of the molecule is COC(=O)c1c(C(F)F)nc(C(F)(F)F)c(CO)c1CC1CC1. The van der Waals surface area contributed by atoms with Gasteiger partial charge in [-0.25, -0.2) is 18.6 Å². The number of rotatable bonds is 5. The molecule has 0 saturated heterocycles. The number of aromatic nitrogens is 1. The van der Waals surface area contributed by atoms with Gasteiger partial charge in [0.15, 0.2) is 5.69 Å². The fourth-order valence-electron chi connectivity index (χ4n) is 2.42. The number of halogens is 5. The quantitative estimate of drug-likeness (QED) is 0.661. The summed E-state index contributed by atoms with van der Waals surface area (Å²) in [4.78, 5) is 14.8. The number of aliphatic hydroxyl groups excluding tert-OH is 1. The summed E-state index contributed by atoms with van der Waals surface area (Å²) in [5.41, 5.74) is -4.42. The average molecular weight is 339 g/mol. The summed E-state index contributed by atoms with van der Waals surface area (Å²) in [7, 11) is 0.939. The van der Waals surface area contributed by atoms with E-state index in [0.717, 1.165) is 20.0 Å². The normalized spacial score (nSPS) is 15.1. The maximum atomic E-state index is 13.2. The third-order valence-electron chi connectivity index (χ3n) is 3.65. The van der Waals surface area contributed by atoms with Crippen molar-refractivity contribution in [1.29, 1.82) is 0 Å². The summed E-state index contributed by atoms with van der Waals surface area (Å²) in [5.74, 6) is -1.19. The molecular formula is C14H14F5NO3. The molecule has 1 aliphatic rings. The number of methoxy groups -OCH3 is 1. The molecule has 128 valence electrons. The number of aliphatic hydroxyl groups is 1. The number of ether oxygens (including phenoxy) is 1. The highest BCUT2D eigenvalue weighted by molar-refractivity contribution is 5.93. The molecule has 1 N–H and O–H groups in total. The van der Waals surface area contributed by atoms with E-state index in [-0.39, 0.29) is 17.9 Å². The lowest BCUT2D eigenvalue weighted by molar-refractivity contribution is -0.142. The van der Waals surface area contributed by atoms with Gasteiger partial charge in [0.25, 0.3) is 6.43 Å². The fraction of sp³-hybridized carbons (Fsp3) is 0.571. The van der Waals surface area contributed by atoms with Crippen LogP contribution in [-0.4, -0.2) is 23.2 Å². The highest BCUT2D eigenvalue weighted by Crippen LogP contribution is 2.40. The first-order chi connectivity index (χ1) is 10.7. The predicted octanol–water partition coefficient (Wildman–Crippen LogP) is 3.27. The van der Waals surface area contributed by atoms with Crippen LogP contribution in [0.3, 0.4) is 0 Å². The molecule has 0 spiro atoms. The van der Waals surface area contributed by atoms with E-state index in [4.69, 9.17) is 0 Å². The molecular weight excluding hydrogens is 325 g/mol. The van der Waals surface area contributed by atoms with Crippen molar-refractivity contribution >= 4 is 5.97 Å². The lowest BCUT2D eigenvalue weighted by Gasteiger charge is -2.20. The van der Waals surface area contributed by atoms with Gasteiger partial charge >= 0.3 is 12.1 Å². The van der Waals surface area contributed by atoms with Crippen molar-refractivity contribution in [2.45, 2.75) is 38.5 Å². The van der Waals surface area contributed by atoms with Gasteiger partial charge in [-0.1, -0.05) is 0 Å². The zero-order chi connectivity index (χ0) is 17.4. The minimum atomic E-state index is -5.02. The molecule has 0 atom stereocenters. The molecule has 1 aromatic heterocycles. The fourth-order valence-corrected chi connectivity index (χ4v) is 2.42. The van der Waals surface area contributed by atoms with Crippen molar-refractivity contribution in [2.24, 2.45) is 5.92 Å². The Morgan fingerprint density at radius 2 is 1.96 bits per heavy atom. The van der Waals surface area contributed by atoms with E-state index in [1.807, 2.05) is 0 Å². The standard InChI is InChI=1S/C14H14F5NO3/c1-23-13(22)9-7(4-6-2-3-6)8(5-21)11(14(17,18)19)20-10(9)12(15)16/h6,12,21H,2-5H2,1H3. The second-order valence-corrected chi connectivity index (χ2v) is 5.27. The highest BCUT2D eigenvalue weighted by Gasteiger charge is 2.41. The van der Waals surface area contributed by atoms with E-state index >= 15 is 0 Å². The Morgan fingerprint density at radius 3 is 2.35 bits per heavy atom. The predicted molar refractivity (Wildman–Crippen MR) is 67.9 cm³/mol. The number of carbonyl (C=O) groups excluding carboxylic acids is 1. The van der Waals surface area contributed by atoms with Gasteiger partial charge in [-0.15, -0.1) is 0 Å². The van der Waals surface area contributed by atoms with Crippen LogP contribution >= 0.6 is 0 Å². The monoisotopic (exact) mass is 339 g/mol. The molecule has 1 aromatic rings. The van der Waals surface area contributed by atoms with Crippen LogP contribution in [-0.2, 0) is 23.9 Å². The van der Waals surface area contributed by atoms with Crippen molar-refractivity contribution in [3.8, 4) is 0 Å². The molecule has 4 nitrogen and oxygen atoms in total. The first-order valence-corrected chi connectivity index (χ1v) is 6.80. The van der Waals surface area contributed by atoms with Crippen LogP contribution in [0.2, 0.25) is 0 Å². The number of nitrogens with zero attached hydrogens (tertiary/aromatic N) is 1. The van der Waals surface area contributed by atoms with Crippen molar-refractivity contribution in [2.75, 3.05) is 7.11 Å². The molecule has 1 heterocycles. The molecule has 0 unspecified atom stereocenters. The average Bonchev–Trinajstić information content (AvgIpc) is 3.28. The molecule has 1 fully saturated rings. The Morgan fingerprint density at radius 1 is 1.35 bits per heavy atom. The van der Waals surface area contributed by atoms with Gasteiger partial charge < -0.3 is 9.84 Å². The largest absolute Gasteiger partial charge is 0.465 e. The summed E-state index contributed by atoms with van der Waals surface area (Å²) in [6.07, 6.45) is -6.96. The van der Waals surface area contributed by atoms with Gasteiger partial charge in [-0.2, -0.15) is 13.2 Å². The number of hydrogen-bond donors (Lipinski definition) is 1.